The molecule has 1 aromatic carbocycles. The minimum Gasteiger partial charge on any atom is -0.392 e. The number of amides is 1. The quantitative estimate of drug-likeness (QED) is 0.194. The van der Waals surface area contributed by atoms with Gasteiger partial charge in [-0.3, -0.25) is 4.79 Å². The minimum absolute atomic E-state index is 0.00803. The van der Waals surface area contributed by atoms with Crippen LogP contribution in [0.2, 0.25) is 0 Å². The molecule has 0 fully saturated rings. The number of ether oxygens (including phenoxy) is 3. The topological polar surface area (TPSA) is 91.7 Å². The van der Waals surface area contributed by atoms with Gasteiger partial charge in [-0.25, -0.2) is 0 Å². The van der Waals surface area contributed by atoms with E-state index in [1.807, 2.05) is 24.1 Å². The second-order valence-corrected chi connectivity index (χ2v) is 12.0. The Kier molecular flexibility index (Phi) is 16.7. The summed E-state index contributed by atoms with van der Waals surface area (Å²) in [6, 6.07) is 5.63. The summed E-state index contributed by atoms with van der Waals surface area (Å²) in [5, 5.41) is 19.3. The molecular weight excluding hydrogens is 488 g/mol. The van der Waals surface area contributed by atoms with Gasteiger partial charge in [0.1, 0.15) is 0 Å². The molecule has 0 saturated carbocycles. The standard InChI is InChI=1S/C25H44N2O6S2/c1-25(2,35-34-5)20-26(3)24(30)7-6-8-27(9-10-32-13-14-33-12-11-31-4)23-16-21(18-28)15-22(17-23)19-29/h15-17,28-29H,6-14,18-20H2,1-5H3. The molecular formula is C25H44N2O6S2. The van der Waals surface area contributed by atoms with E-state index < -0.39 is 0 Å². The van der Waals surface area contributed by atoms with Gasteiger partial charge in [-0.15, -0.1) is 0 Å². The van der Waals surface area contributed by atoms with E-state index in [0.29, 0.717) is 65.5 Å². The van der Waals surface area contributed by atoms with Crippen molar-refractivity contribution in [3.63, 3.8) is 0 Å². The number of anilines is 1. The molecule has 0 aliphatic carbocycles. The van der Waals surface area contributed by atoms with E-state index in [4.69, 9.17) is 14.2 Å². The van der Waals surface area contributed by atoms with E-state index >= 15 is 0 Å². The fourth-order valence-electron chi connectivity index (χ4n) is 3.64. The molecule has 0 bridgehead atoms. The summed E-state index contributed by atoms with van der Waals surface area (Å²) in [6.45, 7) is 8.67. The molecule has 0 aromatic heterocycles. The first-order chi connectivity index (χ1) is 16.8. The van der Waals surface area contributed by atoms with Crippen molar-refractivity contribution in [2.45, 2.75) is 44.6 Å². The van der Waals surface area contributed by atoms with Crippen molar-refractivity contribution in [1.82, 2.24) is 4.90 Å². The maximum absolute atomic E-state index is 12.7. The van der Waals surface area contributed by atoms with Gasteiger partial charge in [-0.2, -0.15) is 0 Å². The lowest BCUT2D eigenvalue weighted by atomic mass is 10.1. The average Bonchev–Trinajstić information content (AvgIpc) is 2.83. The molecule has 0 unspecified atom stereocenters. The summed E-state index contributed by atoms with van der Waals surface area (Å²) < 4.78 is 16.1. The number of rotatable bonds is 20. The van der Waals surface area contributed by atoms with Crippen LogP contribution in [-0.2, 0) is 32.2 Å². The molecule has 0 aliphatic heterocycles. The molecule has 0 aliphatic rings. The monoisotopic (exact) mass is 532 g/mol. The van der Waals surface area contributed by atoms with Crippen molar-refractivity contribution in [2.75, 3.05) is 78.0 Å². The van der Waals surface area contributed by atoms with Gasteiger partial charge in [0, 0.05) is 50.6 Å². The van der Waals surface area contributed by atoms with Gasteiger partial charge < -0.3 is 34.2 Å². The van der Waals surface area contributed by atoms with Gasteiger partial charge in [0.25, 0.3) is 0 Å². The number of aliphatic hydroxyl groups is 2. The summed E-state index contributed by atoms with van der Waals surface area (Å²) in [6.07, 6.45) is 3.19. The Labute approximate surface area is 219 Å². The van der Waals surface area contributed by atoms with Crippen LogP contribution in [-0.4, -0.2) is 98.8 Å². The molecule has 8 nitrogen and oxygen atoms in total. The normalized spacial score (nSPS) is 11.6. The van der Waals surface area contributed by atoms with Crippen LogP contribution in [0, 0.1) is 0 Å². The summed E-state index contributed by atoms with van der Waals surface area (Å²) in [7, 11) is 6.99. The second kappa shape index (κ2) is 18.3. The van der Waals surface area contributed by atoms with Crippen molar-refractivity contribution in [1.29, 1.82) is 0 Å². The minimum atomic E-state index is -0.100. The van der Waals surface area contributed by atoms with Gasteiger partial charge in [0.2, 0.25) is 5.91 Å². The molecule has 202 valence electrons. The fourth-order valence-corrected chi connectivity index (χ4v) is 5.85. The van der Waals surface area contributed by atoms with Gasteiger partial charge in [0.05, 0.1) is 46.2 Å². The smallest absolute Gasteiger partial charge is 0.222 e. The number of nitrogens with zero attached hydrogens (tertiary/aromatic N) is 2. The highest BCUT2D eigenvalue weighted by molar-refractivity contribution is 8.76. The van der Waals surface area contributed by atoms with Crippen LogP contribution in [0.25, 0.3) is 0 Å². The van der Waals surface area contributed by atoms with Crippen molar-refractivity contribution in [2.24, 2.45) is 0 Å². The molecule has 35 heavy (non-hydrogen) atoms. The predicted octanol–water partition coefficient (Wildman–Crippen LogP) is 3.19. The van der Waals surface area contributed by atoms with E-state index in [-0.39, 0.29) is 23.9 Å². The average molecular weight is 533 g/mol. The Bertz CT molecular complexity index is 701. The third kappa shape index (κ3) is 13.8. The van der Waals surface area contributed by atoms with E-state index in [9.17, 15) is 15.0 Å². The highest BCUT2D eigenvalue weighted by Gasteiger charge is 2.23. The van der Waals surface area contributed by atoms with Crippen LogP contribution in [0.5, 0.6) is 0 Å². The van der Waals surface area contributed by atoms with Crippen molar-refractivity contribution in [3.05, 3.63) is 29.3 Å². The third-order valence-corrected chi connectivity index (χ3v) is 7.85. The Morgan fingerprint density at radius 1 is 0.971 bits per heavy atom. The number of hydrogen-bond acceptors (Lipinski definition) is 9. The zero-order valence-electron chi connectivity index (χ0n) is 22.0. The van der Waals surface area contributed by atoms with Crippen molar-refractivity contribution in [3.8, 4) is 0 Å². The lowest BCUT2D eigenvalue weighted by Gasteiger charge is -2.29. The summed E-state index contributed by atoms with van der Waals surface area (Å²) in [5.74, 6) is 0.129. The molecule has 1 rings (SSSR count). The molecule has 0 atom stereocenters. The first-order valence-electron chi connectivity index (χ1n) is 12.0. The van der Waals surface area contributed by atoms with Crippen LogP contribution in [0.15, 0.2) is 18.2 Å². The van der Waals surface area contributed by atoms with Gasteiger partial charge in [-0.1, -0.05) is 27.7 Å². The predicted molar refractivity (Wildman–Crippen MR) is 146 cm³/mol. The maximum Gasteiger partial charge on any atom is 0.222 e. The van der Waals surface area contributed by atoms with Crippen molar-refractivity contribution >= 4 is 33.2 Å². The SMILES string of the molecule is COCCOCCOCCN(CCCC(=O)N(C)CC(C)(C)SSC)c1cc(CO)cc(CO)c1. The summed E-state index contributed by atoms with van der Waals surface area (Å²) in [4.78, 5) is 16.7. The number of benzene rings is 1. The molecule has 10 heteroatoms. The molecule has 1 amide bonds. The summed E-state index contributed by atoms with van der Waals surface area (Å²) >= 11 is 0. The van der Waals surface area contributed by atoms with Crippen molar-refractivity contribution < 1.29 is 29.2 Å². The van der Waals surface area contributed by atoms with E-state index in [0.717, 1.165) is 16.8 Å². The zero-order chi connectivity index (χ0) is 26.1. The van der Waals surface area contributed by atoms with Crippen LogP contribution >= 0.6 is 21.6 Å². The van der Waals surface area contributed by atoms with Crippen LogP contribution in [0.4, 0.5) is 5.69 Å². The second-order valence-electron chi connectivity index (χ2n) is 8.89. The molecule has 0 radical (unpaired) electrons. The number of hydrogen-bond donors (Lipinski definition) is 2. The number of aliphatic hydroxyl groups excluding tert-OH is 2. The molecule has 0 spiro atoms. The fraction of sp³-hybridized carbons (Fsp3) is 0.720. The molecule has 1 aromatic rings. The molecule has 0 saturated heterocycles. The summed E-state index contributed by atoms with van der Waals surface area (Å²) in [5.41, 5.74) is 2.39. The van der Waals surface area contributed by atoms with E-state index in [1.165, 1.54) is 0 Å². The molecule has 2 N–H and O–H groups in total. The number of carbonyl (C=O) groups is 1. The first kappa shape index (κ1) is 32.0. The van der Waals surface area contributed by atoms with Gasteiger partial charge in [0.15, 0.2) is 0 Å². The third-order valence-electron chi connectivity index (χ3n) is 5.25. The highest BCUT2D eigenvalue weighted by atomic mass is 33.1. The van der Waals surface area contributed by atoms with Gasteiger partial charge >= 0.3 is 0 Å². The van der Waals surface area contributed by atoms with E-state index in [2.05, 4.69) is 25.0 Å². The van der Waals surface area contributed by atoms with Crippen LogP contribution in [0.3, 0.4) is 0 Å². The lowest BCUT2D eigenvalue weighted by Crippen LogP contribution is -2.38. The Morgan fingerprint density at radius 2 is 1.57 bits per heavy atom. The van der Waals surface area contributed by atoms with Crippen LogP contribution in [0.1, 0.15) is 37.8 Å². The Morgan fingerprint density at radius 3 is 2.14 bits per heavy atom. The first-order valence-corrected chi connectivity index (χ1v) is 14.5. The zero-order valence-corrected chi connectivity index (χ0v) is 23.6. The lowest BCUT2D eigenvalue weighted by molar-refractivity contribution is -0.130. The van der Waals surface area contributed by atoms with E-state index in [1.54, 1.807) is 34.8 Å². The Hall–Kier alpha value is -1.01. The maximum atomic E-state index is 12.7. The largest absolute Gasteiger partial charge is 0.392 e. The molecule has 0 heterocycles. The van der Waals surface area contributed by atoms with Crippen LogP contribution < -0.4 is 4.90 Å². The van der Waals surface area contributed by atoms with Gasteiger partial charge in [-0.05, 0) is 49.8 Å². The number of methoxy groups -OCH3 is 1. The number of carbonyl (C=O) groups excluding carboxylic acids is 1. The Balaban J connectivity index is 2.68. The highest BCUT2D eigenvalue weighted by Crippen LogP contribution is 2.34.